The van der Waals surface area contributed by atoms with Crippen molar-refractivity contribution in [3.63, 3.8) is 0 Å². The molecule has 33 heavy (non-hydrogen) atoms. The minimum Gasteiger partial charge on any atom is -0.281 e. The first kappa shape index (κ1) is 19.3. The Morgan fingerprint density at radius 1 is 0.909 bits per heavy atom. The first-order chi connectivity index (χ1) is 16.1. The van der Waals surface area contributed by atoms with E-state index in [1.165, 1.54) is 4.90 Å². The maximum atomic E-state index is 13.3. The van der Waals surface area contributed by atoms with E-state index in [1.807, 2.05) is 54.0 Å². The van der Waals surface area contributed by atoms with E-state index in [9.17, 15) is 9.59 Å². The Balaban J connectivity index is 1.40. The lowest BCUT2D eigenvalue weighted by molar-refractivity contribution is 0.0612. The highest BCUT2D eigenvalue weighted by Gasteiger charge is 2.32. The third kappa shape index (κ3) is 3.01. The monoisotopic (exact) mass is 433 g/mol. The van der Waals surface area contributed by atoms with E-state index in [0.717, 1.165) is 39.0 Å². The third-order valence-electron chi connectivity index (χ3n) is 6.04. The number of imide groups is 1. The summed E-state index contributed by atoms with van der Waals surface area (Å²) in [5.74, 6) is 0.182. The van der Waals surface area contributed by atoms with Crippen molar-refractivity contribution >= 4 is 33.8 Å². The number of carbonyl (C=O) groups is 2. The summed E-state index contributed by atoms with van der Waals surface area (Å²) in [6.45, 7) is 2.19. The fraction of sp³-hybridized carbons (Fsp3) is 0.115. The molecule has 0 N–H and O–H groups in total. The first-order valence-corrected chi connectivity index (χ1v) is 10.7. The Morgan fingerprint density at radius 3 is 2.30 bits per heavy atom. The molecule has 0 saturated heterocycles. The SMILES string of the molecule is Cc1cnc2c(c1)nc(CCN1C(=O)c3cccc4cccc(c34)C1=O)n2-c1ccncc1. The number of nitrogens with zero attached hydrogens (tertiary/aromatic N) is 5. The number of imidazole rings is 1. The van der Waals surface area contributed by atoms with Crippen molar-refractivity contribution in [3.8, 4) is 5.69 Å². The van der Waals surface area contributed by atoms with Crippen LogP contribution in [0.3, 0.4) is 0 Å². The second kappa shape index (κ2) is 7.34. The lowest BCUT2D eigenvalue weighted by Gasteiger charge is -2.27. The number of rotatable bonds is 4. The van der Waals surface area contributed by atoms with Crippen LogP contribution in [-0.2, 0) is 6.42 Å². The molecule has 0 aliphatic carbocycles. The molecule has 3 aromatic heterocycles. The Bertz CT molecular complexity index is 1520. The average molecular weight is 433 g/mol. The largest absolute Gasteiger partial charge is 0.281 e. The molecule has 6 rings (SSSR count). The van der Waals surface area contributed by atoms with Crippen LogP contribution < -0.4 is 0 Å². The Hall–Kier alpha value is -4.39. The van der Waals surface area contributed by atoms with Crippen LogP contribution >= 0.6 is 0 Å². The van der Waals surface area contributed by atoms with E-state index < -0.39 is 0 Å². The third-order valence-corrected chi connectivity index (χ3v) is 6.04. The number of fused-ring (bicyclic) bond motifs is 1. The zero-order chi connectivity index (χ0) is 22.5. The average Bonchev–Trinajstić information content (AvgIpc) is 3.20. The molecule has 160 valence electrons. The molecule has 0 atom stereocenters. The molecule has 5 aromatic rings. The van der Waals surface area contributed by atoms with Crippen LogP contribution in [0.25, 0.3) is 27.6 Å². The number of pyridine rings is 2. The highest BCUT2D eigenvalue weighted by molar-refractivity contribution is 6.25. The second-order valence-electron chi connectivity index (χ2n) is 8.15. The molecule has 2 aromatic carbocycles. The molecule has 7 heteroatoms. The van der Waals surface area contributed by atoms with Crippen LogP contribution in [0.4, 0.5) is 0 Å². The van der Waals surface area contributed by atoms with Crippen LogP contribution in [0, 0.1) is 6.92 Å². The molecule has 0 bridgehead atoms. The van der Waals surface area contributed by atoms with Gasteiger partial charge in [0.25, 0.3) is 11.8 Å². The van der Waals surface area contributed by atoms with Crippen molar-refractivity contribution in [2.24, 2.45) is 0 Å². The summed E-state index contributed by atoms with van der Waals surface area (Å²) < 4.78 is 1.96. The fourth-order valence-corrected chi connectivity index (χ4v) is 4.54. The van der Waals surface area contributed by atoms with Crippen LogP contribution in [0.15, 0.2) is 73.2 Å². The second-order valence-corrected chi connectivity index (χ2v) is 8.15. The minimum absolute atomic E-state index is 0.218. The first-order valence-electron chi connectivity index (χ1n) is 10.7. The van der Waals surface area contributed by atoms with Gasteiger partial charge in [0.1, 0.15) is 11.3 Å². The van der Waals surface area contributed by atoms with Crippen LogP contribution in [-0.4, -0.2) is 42.8 Å². The van der Waals surface area contributed by atoms with Gasteiger partial charge in [0.15, 0.2) is 5.65 Å². The molecule has 1 aliphatic rings. The summed E-state index contributed by atoms with van der Waals surface area (Å²) in [6.07, 6.45) is 5.64. The molecule has 0 unspecified atom stereocenters. The molecule has 7 nitrogen and oxygen atoms in total. The topological polar surface area (TPSA) is 81.0 Å². The van der Waals surface area contributed by atoms with Gasteiger partial charge in [-0.2, -0.15) is 0 Å². The van der Waals surface area contributed by atoms with E-state index in [2.05, 4.69) is 9.97 Å². The standard InChI is InChI=1S/C26H19N5O2/c1-16-14-21-24(28-15-16)31(18-8-11-27-12-9-18)22(29-21)10-13-30-25(32)19-6-2-4-17-5-3-7-20(23(17)19)26(30)33/h2-9,11-12,14-15H,10,13H2,1H3. The molecule has 0 saturated carbocycles. The van der Waals surface area contributed by atoms with E-state index in [4.69, 9.17) is 4.98 Å². The summed E-state index contributed by atoms with van der Waals surface area (Å²) in [6, 6.07) is 16.9. The Labute approximate surface area is 189 Å². The van der Waals surface area contributed by atoms with Crippen molar-refractivity contribution < 1.29 is 9.59 Å². The van der Waals surface area contributed by atoms with Gasteiger partial charge in [-0.3, -0.25) is 24.0 Å². The van der Waals surface area contributed by atoms with Crippen molar-refractivity contribution in [3.05, 3.63) is 95.7 Å². The summed E-state index contributed by atoms with van der Waals surface area (Å²) in [7, 11) is 0. The lowest BCUT2D eigenvalue weighted by atomic mass is 9.94. The highest BCUT2D eigenvalue weighted by Crippen LogP contribution is 2.30. The van der Waals surface area contributed by atoms with Gasteiger partial charge in [-0.05, 0) is 48.2 Å². The van der Waals surface area contributed by atoms with Crippen LogP contribution in [0.1, 0.15) is 32.1 Å². The summed E-state index contributed by atoms with van der Waals surface area (Å²) in [5, 5.41) is 1.63. The van der Waals surface area contributed by atoms with Gasteiger partial charge in [0.05, 0.1) is 5.69 Å². The van der Waals surface area contributed by atoms with E-state index in [0.29, 0.717) is 17.5 Å². The normalized spacial score (nSPS) is 13.3. The zero-order valence-electron chi connectivity index (χ0n) is 17.9. The van der Waals surface area contributed by atoms with Crippen molar-refractivity contribution in [2.45, 2.75) is 13.3 Å². The maximum absolute atomic E-state index is 13.3. The van der Waals surface area contributed by atoms with Crippen LogP contribution in [0.2, 0.25) is 0 Å². The van der Waals surface area contributed by atoms with Crippen LogP contribution in [0.5, 0.6) is 0 Å². The summed E-state index contributed by atoms with van der Waals surface area (Å²) in [5.41, 5.74) is 4.51. The number of carbonyl (C=O) groups excluding carboxylic acids is 2. The number of aryl methyl sites for hydroxylation is 1. The van der Waals surface area contributed by atoms with Gasteiger partial charge in [0, 0.05) is 48.1 Å². The van der Waals surface area contributed by atoms with Crippen molar-refractivity contribution in [2.75, 3.05) is 6.54 Å². The lowest BCUT2D eigenvalue weighted by Crippen LogP contribution is -2.41. The van der Waals surface area contributed by atoms with Gasteiger partial charge in [-0.25, -0.2) is 9.97 Å². The quantitative estimate of drug-likeness (QED) is 0.398. The number of benzene rings is 2. The fourth-order valence-electron chi connectivity index (χ4n) is 4.54. The molecular weight excluding hydrogens is 414 g/mol. The van der Waals surface area contributed by atoms with Crippen molar-refractivity contribution in [1.82, 2.24) is 24.4 Å². The maximum Gasteiger partial charge on any atom is 0.261 e. The Kier molecular flexibility index (Phi) is 4.29. The summed E-state index contributed by atoms with van der Waals surface area (Å²) in [4.78, 5) is 41.3. The Morgan fingerprint density at radius 2 is 1.61 bits per heavy atom. The zero-order valence-corrected chi connectivity index (χ0v) is 17.9. The number of aromatic nitrogens is 4. The van der Waals surface area contributed by atoms with E-state index >= 15 is 0 Å². The van der Waals surface area contributed by atoms with Crippen molar-refractivity contribution in [1.29, 1.82) is 0 Å². The van der Waals surface area contributed by atoms with E-state index in [1.54, 1.807) is 30.7 Å². The molecule has 0 spiro atoms. The molecule has 1 aliphatic heterocycles. The minimum atomic E-state index is -0.273. The smallest absolute Gasteiger partial charge is 0.261 e. The predicted octanol–water partition coefficient (Wildman–Crippen LogP) is 4.12. The number of hydrogen-bond donors (Lipinski definition) is 0. The van der Waals surface area contributed by atoms with Gasteiger partial charge >= 0.3 is 0 Å². The molecular formula is C26H19N5O2. The van der Waals surface area contributed by atoms with Gasteiger partial charge in [-0.1, -0.05) is 24.3 Å². The van der Waals surface area contributed by atoms with Gasteiger partial charge in [0.2, 0.25) is 0 Å². The van der Waals surface area contributed by atoms with E-state index in [-0.39, 0.29) is 18.4 Å². The highest BCUT2D eigenvalue weighted by atomic mass is 16.2. The molecule has 4 heterocycles. The number of hydrogen-bond acceptors (Lipinski definition) is 5. The predicted molar refractivity (Wildman–Crippen MR) is 124 cm³/mol. The molecule has 0 fully saturated rings. The van der Waals surface area contributed by atoms with Gasteiger partial charge < -0.3 is 0 Å². The number of amides is 2. The summed E-state index contributed by atoms with van der Waals surface area (Å²) >= 11 is 0. The molecule has 0 radical (unpaired) electrons. The molecule has 2 amide bonds. The van der Waals surface area contributed by atoms with Gasteiger partial charge in [-0.15, -0.1) is 0 Å².